The third-order valence-corrected chi connectivity index (χ3v) is 9.19. The summed E-state index contributed by atoms with van der Waals surface area (Å²) in [6.45, 7) is 7.45. The van der Waals surface area contributed by atoms with Gasteiger partial charge in [0, 0.05) is 12.3 Å². The lowest BCUT2D eigenvalue weighted by molar-refractivity contribution is -0.117. The van der Waals surface area contributed by atoms with Gasteiger partial charge in [-0.15, -0.1) is 6.58 Å². The van der Waals surface area contributed by atoms with E-state index < -0.39 is 16.2 Å². The van der Waals surface area contributed by atoms with Gasteiger partial charge in [0.05, 0.1) is 6.10 Å². The second kappa shape index (κ2) is 7.93. The van der Waals surface area contributed by atoms with Gasteiger partial charge in [0.15, 0.2) is 0 Å². The van der Waals surface area contributed by atoms with Gasteiger partial charge in [0.2, 0.25) is 5.91 Å². The number of aliphatic hydroxyl groups excluding tert-OH is 1. The fourth-order valence-corrected chi connectivity index (χ4v) is 7.88. The largest absolute Gasteiger partial charge is 0.409 e. The van der Waals surface area contributed by atoms with Gasteiger partial charge < -0.3 is 9.29 Å². The molecule has 6 nitrogen and oxygen atoms in total. The van der Waals surface area contributed by atoms with Crippen LogP contribution in [0, 0.1) is 17.3 Å². The minimum absolute atomic E-state index is 0.0300. The van der Waals surface area contributed by atoms with Crippen LogP contribution in [0.4, 0.5) is 0 Å². The summed E-state index contributed by atoms with van der Waals surface area (Å²) < 4.78 is 31.0. The summed E-state index contributed by atoms with van der Waals surface area (Å²) in [5.74, 6) is 0.518. The highest BCUT2D eigenvalue weighted by atomic mass is 32.2. The van der Waals surface area contributed by atoms with Crippen molar-refractivity contribution < 1.29 is 22.5 Å². The van der Waals surface area contributed by atoms with Crippen molar-refractivity contribution >= 4 is 16.2 Å². The van der Waals surface area contributed by atoms with Gasteiger partial charge >= 0.3 is 10.3 Å². The summed E-state index contributed by atoms with van der Waals surface area (Å²) in [5, 5.41) is 10.5. The number of aliphatic hydroxyl groups is 1. The van der Waals surface area contributed by atoms with E-state index in [9.17, 15) is 18.3 Å². The predicted octanol–water partition coefficient (Wildman–Crippen LogP) is 3.78. The van der Waals surface area contributed by atoms with E-state index in [1.807, 2.05) is 16.9 Å². The van der Waals surface area contributed by atoms with Crippen LogP contribution < -0.4 is 8.91 Å². The minimum Gasteiger partial charge on any atom is -0.393 e. The zero-order chi connectivity index (χ0) is 22.4. The van der Waals surface area contributed by atoms with Crippen LogP contribution in [0.2, 0.25) is 0 Å². The number of allylic oxidation sites excluding steroid dienone is 1. The fraction of sp³-hybridized carbons (Fsp3) is 0.625. The standard InChI is InChI=1S/C24H33NO5S/c1-4-10-24-12-11-23(5-2)15-18(27)14-22(23)21(24)8-6-17-13-19(7-9-20(17)24)30-31(28,29)25-16(3)26/h4,7,9,13,18,21-22,27H,1,5-6,8,10-12,14-15H2,2-3H3,(H,25,26)/t18-,21?,22?,23-,24-/m1/s1. The summed E-state index contributed by atoms with van der Waals surface area (Å²) >= 11 is 0. The van der Waals surface area contributed by atoms with Crippen molar-refractivity contribution in [3.63, 3.8) is 0 Å². The van der Waals surface area contributed by atoms with E-state index in [4.69, 9.17) is 4.18 Å². The van der Waals surface area contributed by atoms with Crippen LogP contribution >= 0.6 is 0 Å². The van der Waals surface area contributed by atoms with E-state index in [0.29, 0.717) is 11.8 Å². The normalized spacial score (nSPS) is 34.2. The lowest BCUT2D eigenvalue weighted by Crippen LogP contribution is -2.51. The number of hydrogen-bond donors (Lipinski definition) is 2. The van der Waals surface area contributed by atoms with Crippen molar-refractivity contribution in [2.24, 2.45) is 17.3 Å². The summed E-state index contributed by atoms with van der Waals surface area (Å²) in [7, 11) is -4.18. The number of nitrogens with one attached hydrogen (secondary N) is 1. The molecule has 4 rings (SSSR count). The van der Waals surface area contributed by atoms with Gasteiger partial charge in [-0.2, -0.15) is 8.42 Å². The van der Waals surface area contributed by atoms with Crippen molar-refractivity contribution in [1.82, 2.24) is 4.72 Å². The molecule has 7 heteroatoms. The molecule has 0 spiro atoms. The number of amides is 1. The summed E-state index contributed by atoms with van der Waals surface area (Å²) in [5.41, 5.74) is 2.58. The number of fused-ring (bicyclic) bond motifs is 5. The monoisotopic (exact) mass is 447 g/mol. The van der Waals surface area contributed by atoms with Crippen LogP contribution in [0.3, 0.4) is 0 Å². The Hall–Kier alpha value is -1.86. The maximum absolute atomic E-state index is 12.0. The molecule has 2 saturated carbocycles. The number of benzene rings is 1. The number of carbonyl (C=O) groups is 1. The molecule has 0 aromatic heterocycles. The van der Waals surface area contributed by atoms with Crippen molar-refractivity contribution in [1.29, 1.82) is 0 Å². The molecule has 2 unspecified atom stereocenters. The number of rotatable bonds is 6. The van der Waals surface area contributed by atoms with Gasteiger partial charge in [-0.1, -0.05) is 25.5 Å². The Morgan fingerprint density at radius 1 is 1.35 bits per heavy atom. The molecule has 170 valence electrons. The van der Waals surface area contributed by atoms with Crippen LogP contribution in [-0.4, -0.2) is 25.5 Å². The molecule has 1 aromatic carbocycles. The van der Waals surface area contributed by atoms with Crippen LogP contribution in [0.1, 0.15) is 69.9 Å². The highest BCUT2D eigenvalue weighted by Gasteiger charge is 2.59. The fourth-order valence-electron chi connectivity index (χ4n) is 7.13. The average Bonchev–Trinajstić information content (AvgIpc) is 3.03. The molecular formula is C24H33NO5S. The summed E-state index contributed by atoms with van der Waals surface area (Å²) in [6.07, 6.45) is 9.60. The van der Waals surface area contributed by atoms with E-state index in [1.54, 1.807) is 12.1 Å². The molecule has 0 heterocycles. The van der Waals surface area contributed by atoms with Crippen LogP contribution in [0.5, 0.6) is 5.75 Å². The van der Waals surface area contributed by atoms with Gasteiger partial charge in [0.1, 0.15) is 5.75 Å². The third kappa shape index (κ3) is 3.80. The lowest BCUT2D eigenvalue weighted by Gasteiger charge is -2.57. The molecule has 3 aliphatic rings. The molecule has 1 aromatic rings. The topological polar surface area (TPSA) is 92.7 Å². The second-order valence-corrected chi connectivity index (χ2v) is 11.0. The Kier molecular flexibility index (Phi) is 5.71. The highest BCUT2D eigenvalue weighted by molar-refractivity contribution is 7.85. The zero-order valence-corrected chi connectivity index (χ0v) is 19.2. The highest BCUT2D eigenvalue weighted by Crippen LogP contribution is 2.65. The first-order valence-electron chi connectivity index (χ1n) is 11.3. The maximum atomic E-state index is 12.0. The SMILES string of the molecule is C=CC[C@]12CC[C@]3(CC)C[C@H](O)CC3C1CCc1cc(OS(=O)(=O)NC(C)=O)ccc12. The van der Waals surface area contributed by atoms with E-state index >= 15 is 0 Å². The predicted molar refractivity (Wildman–Crippen MR) is 119 cm³/mol. The molecule has 0 bridgehead atoms. The summed E-state index contributed by atoms with van der Waals surface area (Å²) in [4.78, 5) is 11.1. The zero-order valence-electron chi connectivity index (χ0n) is 18.4. The van der Waals surface area contributed by atoms with E-state index in [2.05, 4.69) is 13.5 Å². The van der Waals surface area contributed by atoms with Crippen molar-refractivity contribution in [3.8, 4) is 5.75 Å². The van der Waals surface area contributed by atoms with E-state index in [0.717, 1.165) is 63.9 Å². The molecular weight excluding hydrogens is 414 g/mol. The Bertz CT molecular complexity index is 990. The second-order valence-electron chi connectivity index (χ2n) is 9.72. The van der Waals surface area contributed by atoms with Crippen molar-refractivity contribution in [2.75, 3.05) is 0 Å². The number of hydrogen-bond acceptors (Lipinski definition) is 5. The van der Waals surface area contributed by atoms with Crippen molar-refractivity contribution in [3.05, 3.63) is 42.0 Å². The lowest BCUT2D eigenvalue weighted by atomic mass is 9.47. The van der Waals surface area contributed by atoms with Gasteiger partial charge in [-0.05, 0) is 85.5 Å². The first kappa shape index (κ1) is 22.3. The molecule has 0 saturated heterocycles. The third-order valence-electron chi connectivity index (χ3n) is 8.24. The molecule has 0 aliphatic heterocycles. The average molecular weight is 448 g/mol. The Labute approximate surface area is 185 Å². The van der Waals surface area contributed by atoms with Gasteiger partial charge in [0.25, 0.3) is 0 Å². The quantitative estimate of drug-likeness (QED) is 0.648. The number of aryl methyl sites for hydroxylation is 1. The molecule has 2 fully saturated rings. The smallest absolute Gasteiger partial charge is 0.393 e. The molecule has 3 aliphatic carbocycles. The molecule has 1 amide bonds. The molecule has 2 N–H and O–H groups in total. The van der Waals surface area contributed by atoms with Gasteiger partial charge in [-0.3, -0.25) is 4.79 Å². The van der Waals surface area contributed by atoms with Crippen molar-refractivity contribution in [2.45, 2.75) is 76.7 Å². The first-order chi connectivity index (χ1) is 14.6. The first-order valence-corrected chi connectivity index (χ1v) is 12.7. The maximum Gasteiger partial charge on any atom is 0.409 e. The summed E-state index contributed by atoms with van der Waals surface area (Å²) in [6, 6.07) is 5.51. The van der Waals surface area contributed by atoms with E-state index in [-0.39, 0.29) is 22.7 Å². The molecule has 5 atom stereocenters. The Morgan fingerprint density at radius 3 is 2.81 bits per heavy atom. The number of carbonyl (C=O) groups excluding carboxylic acids is 1. The van der Waals surface area contributed by atoms with E-state index in [1.165, 1.54) is 5.56 Å². The molecule has 31 heavy (non-hydrogen) atoms. The van der Waals surface area contributed by atoms with Crippen LogP contribution in [-0.2, 0) is 26.9 Å². The Balaban J connectivity index is 1.70. The Morgan fingerprint density at radius 2 is 2.13 bits per heavy atom. The van der Waals surface area contributed by atoms with Crippen LogP contribution in [0.25, 0.3) is 0 Å². The minimum atomic E-state index is -4.18. The molecule has 0 radical (unpaired) electrons. The van der Waals surface area contributed by atoms with Gasteiger partial charge in [-0.25, -0.2) is 4.72 Å². The van der Waals surface area contributed by atoms with Crippen LogP contribution in [0.15, 0.2) is 30.9 Å².